The molecule has 3 nitrogen and oxygen atoms in total. The standard InChI is InChI=1S/C12H12N2O/c1-8-6-12(8,15)11-7-13-9-4-2-3-5-10(9)14-11/h2-5,7-8,15H,6H2,1H3. The van der Waals surface area contributed by atoms with Crippen LogP contribution in [0.4, 0.5) is 0 Å². The van der Waals surface area contributed by atoms with Gasteiger partial charge in [0.15, 0.2) is 0 Å². The summed E-state index contributed by atoms with van der Waals surface area (Å²) in [5, 5.41) is 10.1. The Kier molecular flexibility index (Phi) is 1.62. The van der Waals surface area contributed by atoms with Crippen LogP contribution >= 0.6 is 0 Å². The van der Waals surface area contributed by atoms with E-state index < -0.39 is 5.60 Å². The van der Waals surface area contributed by atoms with Gasteiger partial charge < -0.3 is 5.11 Å². The first-order valence-corrected chi connectivity index (χ1v) is 5.15. The molecule has 1 aliphatic carbocycles. The van der Waals surface area contributed by atoms with E-state index in [0.29, 0.717) is 11.6 Å². The molecule has 0 saturated heterocycles. The second kappa shape index (κ2) is 2.76. The molecule has 2 atom stereocenters. The minimum Gasteiger partial charge on any atom is -0.383 e. The summed E-state index contributed by atoms with van der Waals surface area (Å²) in [7, 11) is 0. The Hall–Kier alpha value is -1.48. The summed E-state index contributed by atoms with van der Waals surface area (Å²) in [6.07, 6.45) is 2.48. The van der Waals surface area contributed by atoms with Gasteiger partial charge in [0, 0.05) is 0 Å². The summed E-state index contributed by atoms with van der Waals surface area (Å²) in [4.78, 5) is 8.75. The molecule has 0 amide bonds. The Morgan fingerprint density at radius 2 is 2.00 bits per heavy atom. The largest absolute Gasteiger partial charge is 0.383 e. The van der Waals surface area contributed by atoms with E-state index >= 15 is 0 Å². The van der Waals surface area contributed by atoms with Crippen molar-refractivity contribution in [2.45, 2.75) is 18.9 Å². The van der Waals surface area contributed by atoms with E-state index in [2.05, 4.69) is 9.97 Å². The topological polar surface area (TPSA) is 46.0 Å². The molecular formula is C12H12N2O. The van der Waals surface area contributed by atoms with Gasteiger partial charge in [0.2, 0.25) is 0 Å². The highest BCUT2D eigenvalue weighted by Crippen LogP contribution is 2.50. The second-order valence-corrected chi connectivity index (χ2v) is 4.27. The monoisotopic (exact) mass is 200 g/mol. The van der Waals surface area contributed by atoms with Gasteiger partial charge in [0.05, 0.1) is 22.9 Å². The lowest BCUT2D eigenvalue weighted by molar-refractivity contribution is 0.130. The first-order valence-electron chi connectivity index (χ1n) is 5.15. The van der Waals surface area contributed by atoms with Crippen LogP contribution in [-0.2, 0) is 5.60 Å². The van der Waals surface area contributed by atoms with Crippen molar-refractivity contribution in [2.24, 2.45) is 5.92 Å². The molecule has 76 valence electrons. The van der Waals surface area contributed by atoms with Crippen molar-refractivity contribution in [3.05, 3.63) is 36.2 Å². The van der Waals surface area contributed by atoms with Crippen LogP contribution in [0.15, 0.2) is 30.5 Å². The highest BCUT2D eigenvalue weighted by atomic mass is 16.3. The number of hydrogen-bond donors (Lipinski definition) is 1. The molecule has 1 aliphatic rings. The maximum atomic E-state index is 10.1. The first kappa shape index (κ1) is 8.80. The third-order valence-electron chi connectivity index (χ3n) is 3.16. The zero-order valence-electron chi connectivity index (χ0n) is 8.51. The van der Waals surface area contributed by atoms with Gasteiger partial charge >= 0.3 is 0 Å². The van der Waals surface area contributed by atoms with Gasteiger partial charge in [0.25, 0.3) is 0 Å². The molecule has 1 N–H and O–H groups in total. The maximum Gasteiger partial charge on any atom is 0.111 e. The van der Waals surface area contributed by atoms with E-state index in [1.54, 1.807) is 6.20 Å². The number of benzene rings is 1. The molecule has 1 aromatic heterocycles. The van der Waals surface area contributed by atoms with Gasteiger partial charge in [-0.2, -0.15) is 0 Å². The number of rotatable bonds is 1. The number of para-hydroxylation sites is 2. The molecule has 0 aliphatic heterocycles. The summed E-state index contributed by atoms with van der Waals surface area (Å²) in [6, 6.07) is 7.71. The van der Waals surface area contributed by atoms with Crippen molar-refractivity contribution in [2.75, 3.05) is 0 Å². The van der Waals surface area contributed by atoms with E-state index in [9.17, 15) is 5.11 Å². The number of aromatic nitrogens is 2. The summed E-state index contributed by atoms with van der Waals surface area (Å²) in [5.41, 5.74) is 1.70. The van der Waals surface area contributed by atoms with E-state index in [-0.39, 0.29) is 0 Å². The molecule has 1 heterocycles. The molecule has 0 radical (unpaired) electrons. The van der Waals surface area contributed by atoms with Crippen LogP contribution in [0.5, 0.6) is 0 Å². The zero-order valence-corrected chi connectivity index (χ0v) is 8.51. The SMILES string of the molecule is CC1CC1(O)c1cnc2ccccc2n1. The lowest BCUT2D eigenvalue weighted by atomic mass is 10.2. The number of aliphatic hydroxyl groups is 1. The van der Waals surface area contributed by atoms with Crippen molar-refractivity contribution >= 4 is 11.0 Å². The van der Waals surface area contributed by atoms with Gasteiger partial charge in [0.1, 0.15) is 5.60 Å². The van der Waals surface area contributed by atoms with Crippen LogP contribution < -0.4 is 0 Å². The van der Waals surface area contributed by atoms with Crippen LogP contribution in [-0.4, -0.2) is 15.1 Å². The van der Waals surface area contributed by atoms with E-state index in [4.69, 9.17) is 0 Å². The fourth-order valence-electron chi connectivity index (χ4n) is 1.93. The lowest BCUT2D eigenvalue weighted by Crippen LogP contribution is -2.10. The van der Waals surface area contributed by atoms with E-state index in [0.717, 1.165) is 17.5 Å². The molecule has 2 aromatic rings. The highest BCUT2D eigenvalue weighted by Gasteiger charge is 2.52. The summed E-state index contributed by atoms with van der Waals surface area (Å²) < 4.78 is 0. The lowest BCUT2D eigenvalue weighted by Gasteiger charge is -2.08. The second-order valence-electron chi connectivity index (χ2n) is 4.27. The molecule has 0 spiro atoms. The summed E-state index contributed by atoms with van der Waals surface area (Å²) in [6.45, 7) is 2.02. The Morgan fingerprint density at radius 3 is 2.67 bits per heavy atom. The van der Waals surface area contributed by atoms with E-state index in [1.165, 1.54) is 0 Å². The van der Waals surface area contributed by atoms with Gasteiger partial charge in [-0.05, 0) is 24.5 Å². The molecule has 3 rings (SSSR count). The zero-order chi connectivity index (χ0) is 10.5. The summed E-state index contributed by atoms with van der Waals surface area (Å²) in [5.74, 6) is 0.299. The number of fused-ring (bicyclic) bond motifs is 1. The van der Waals surface area contributed by atoms with Crippen molar-refractivity contribution < 1.29 is 5.11 Å². The van der Waals surface area contributed by atoms with Gasteiger partial charge in [-0.25, -0.2) is 4.98 Å². The smallest absolute Gasteiger partial charge is 0.111 e. The van der Waals surface area contributed by atoms with Crippen LogP contribution in [0.3, 0.4) is 0 Å². The molecule has 3 heteroatoms. The van der Waals surface area contributed by atoms with Gasteiger partial charge in [-0.1, -0.05) is 19.1 Å². The normalized spacial score (nSPS) is 29.3. The first-order chi connectivity index (χ1) is 7.20. The predicted octanol–water partition coefficient (Wildman–Crippen LogP) is 1.86. The minimum atomic E-state index is -0.725. The fourth-order valence-corrected chi connectivity index (χ4v) is 1.93. The van der Waals surface area contributed by atoms with Gasteiger partial charge in [-0.15, -0.1) is 0 Å². The average Bonchev–Trinajstić information content (AvgIpc) is 2.88. The fraction of sp³-hybridized carbons (Fsp3) is 0.333. The third-order valence-corrected chi connectivity index (χ3v) is 3.16. The minimum absolute atomic E-state index is 0.299. The molecule has 1 saturated carbocycles. The number of hydrogen-bond acceptors (Lipinski definition) is 3. The Morgan fingerprint density at radius 1 is 1.33 bits per heavy atom. The molecule has 2 unspecified atom stereocenters. The molecule has 15 heavy (non-hydrogen) atoms. The Balaban J connectivity index is 2.15. The van der Waals surface area contributed by atoms with Crippen molar-refractivity contribution in [3.8, 4) is 0 Å². The Bertz CT molecular complexity index is 526. The van der Waals surface area contributed by atoms with Crippen molar-refractivity contribution in [1.29, 1.82) is 0 Å². The van der Waals surface area contributed by atoms with Crippen LogP contribution in [0.2, 0.25) is 0 Å². The van der Waals surface area contributed by atoms with Crippen molar-refractivity contribution in [3.63, 3.8) is 0 Å². The average molecular weight is 200 g/mol. The highest BCUT2D eigenvalue weighted by molar-refractivity contribution is 5.73. The number of nitrogens with zero attached hydrogens (tertiary/aromatic N) is 2. The molecule has 0 bridgehead atoms. The van der Waals surface area contributed by atoms with E-state index in [1.807, 2.05) is 31.2 Å². The molecule has 1 aromatic carbocycles. The van der Waals surface area contributed by atoms with Crippen LogP contribution in [0, 0.1) is 5.92 Å². The van der Waals surface area contributed by atoms with Crippen LogP contribution in [0.1, 0.15) is 19.0 Å². The van der Waals surface area contributed by atoms with Gasteiger partial charge in [-0.3, -0.25) is 4.98 Å². The van der Waals surface area contributed by atoms with Crippen molar-refractivity contribution in [1.82, 2.24) is 9.97 Å². The summed E-state index contributed by atoms with van der Waals surface area (Å²) >= 11 is 0. The molecular weight excluding hydrogens is 188 g/mol. The Labute approximate surface area is 87.8 Å². The predicted molar refractivity (Wildman–Crippen MR) is 57.2 cm³/mol. The maximum absolute atomic E-state index is 10.1. The van der Waals surface area contributed by atoms with Crippen LogP contribution in [0.25, 0.3) is 11.0 Å². The molecule has 1 fully saturated rings. The quantitative estimate of drug-likeness (QED) is 0.764. The third kappa shape index (κ3) is 1.23.